The number of carbonyl (C=O) groups excluding carboxylic acids is 4. The standard InChI is InChI=1S/C25H21N5O7/c1-15(28-29-24(33)23(32)27-18-13-11-17(12-14-18)26-16(2)31)19-7-4-6-10-22(19)37-25(34)20-8-3-5-9-21(20)30(35)36/h3-14H,1-2H3,(H,26,31)(H,27,32)(H,29,33). The van der Waals surface area contributed by atoms with Crippen molar-refractivity contribution in [3.8, 4) is 5.75 Å². The van der Waals surface area contributed by atoms with Crippen LogP contribution in [0.3, 0.4) is 0 Å². The summed E-state index contributed by atoms with van der Waals surface area (Å²) in [6.45, 7) is 2.87. The molecule has 0 aliphatic rings. The van der Waals surface area contributed by atoms with Crippen molar-refractivity contribution in [1.29, 1.82) is 0 Å². The number of benzene rings is 3. The lowest BCUT2D eigenvalue weighted by Crippen LogP contribution is -2.33. The van der Waals surface area contributed by atoms with Crippen molar-refractivity contribution in [2.75, 3.05) is 10.6 Å². The lowest BCUT2D eigenvalue weighted by Gasteiger charge is -2.10. The highest BCUT2D eigenvalue weighted by atomic mass is 16.6. The number of nitro benzene ring substituents is 1. The molecule has 0 saturated heterocycles. The van der Waals surface area contributed by atoms with Gasteiger partial charge in [-0.2, -0.15) is 5.10 Å². The number of anilines is 2. The Morgan fingerprint density at radius 2 is 1.35 bits per heavy atom. The minimum atomic E-state index is -1.06. The Bertz CT molecular complexity index is 1400. The number of hydrogen-bond acceptors (Lipinski definition) is 8. The van der Waals surface area contributed by atoms with Crippen molar-refractivity contribution < 1.29 is 28.8 Å². The van der Waals surface area contributed by atoms with Crippen molar-refractivity contribution in [3.05, 3.63) is 94.0 Å². The van der Waals surface area contributed by atoms with E-state index in [1.165, 1.54) is 56.3 Å². The molecule has 12 heteroatoms. The van der Waals surface area contributed by atoms with Crippen molar-refractivity contribution in [2.45, 2.75) is 13.8 Å². The van der Waals surface area contributed by atoms with Crippen molar-refractivity contribution in [3.63, 3.8) is 0 Å². The van der Waals surface area contributed by atoms with Crippen LogP contribution < -0.4 is 20.8 Å². The molecule has 188 valence electrons. The van der Waals surface area contributed by atoms with Crippen LogP contribution >= 0.6 is 0 Å². The molecule has 0 atom stereocenters. The molecule has 0 spiro atoms. The first-order valence-electron chi connectivity index (χ1n) is 10.7. The Morgan fingerprint density at radius 3 is 1.97 bits per heavy atom. The lowest BCUT2D eigenvalue weighted by atomic mass is 10.1. The number of nitro groups is 1. The van der Waals surface area contributed by atoms with E-state index in [4.69, 9.17) is 4.74 Å². The molecule has 0 unspecified atom stereocenters. The van der Waals surface area contributed by atoms with Crippen molar-refractivity contribution in [2.24, 2.45) is 5.10 Å². The van der Waals surface area contributed by atoms with Gasteiger partial charge in [0.1, 0.15) is 11.3 Å². The van der Waals surface area contributed by atoms with Crippen LogP contribution in [-0.2, 0) is 14.4 Å². The van der Waals surface area contributed by atoms with Gasteiger partial charge in [-0.3, -0.25) is 24.5 Å². The molecule has 0 fully saturated rings. The minimum Gasteiger partial charge on any atom is -0.422 e. The highest BCUT2D eigenvalue weighted by Crippen LogP contribution is 2.23. The zero-order valence-corrected chi connectivity index (χ0v) is 19.7. The number of nitrogens with one attached hydrogen (secondary N) is 3. The summed E-state index contributed by atoms with van der Waals surface area (Å²) in [5.41, 5.74) is 2.85. The van der Waals surface area contributed by atoms with E-state index in [0.29, 0.717) is 16.9 Å². The number of para-hydroxylation sites is 2. The number of rotatable bonds is 7. The predicted octanol–water partition coefficient (Wildman–Crippen LogP) is 3.25. The molecule has 12 nitrogen and oxygen atoms in total. The summed E-state index contributed by atoms with van der Waals surface area (Å²) in [6.07, 6.45) is 0. The fourth-order valence-corrected chi connectivity index (χ4v) is 3.09. The molecule has 0 saturated carbocycles. The van der Waals surface area contributed by atoms with Gasteiger partial charge in [-0.25, -0.2) is 10.2 Å². The summed E-state index contributed by atoms with van der Waals surface area (Å²) in [5, 5.41) is 20.1. The highest BCUT2D eigenvalue weighted by molar-refractivity contribution is 6.39. The topological polar surface area (TPSA) is 169 Å². The second-order valence-corrected chi connectivity index (χ2v) is 7.51. The average Bonchev–Trinajstić information content (AvgIpc) is 2.88. The monoisotopic (exact) mass is 503 g/mol. The summed E-state index contributed by atoms with van der Waals surface area (Å²) in [6, 6.07) is 17.7. The predicted molar refractivity (Wildman–Crippen MR) is 134 cm³/mol. The van der Waals surface area contributed by atoms with E-state index >= 15 is 0 Å². The zero-order chi connectivity index (χ0) is 26.9. The van der Waals surface area contributed by atoms with Gasteiger partial charge < -0.3 is 15.4 Å². The number of hydrazone groups is 1. The smallest absolute Gasteiger partial charge is 0.350 e. The van der Waals surface area contributed by atoms with E-state index in [2.05, 4.69) is 21.2 Å². The van der Waals surface area contributed by atoms with E-state index < -0.39 is 28.4 Å². The molecule has 3 rings (SSSR count). The van der Waals surface area contributed by atoms with Crippen LogP contribution in [0.4, 0.5) is 17.1 Å². The van der Waals surface area contributed by atoms with Gasteiger partial charge in [0.05, 0.1) is 10.6 Å². The van der Waals surface area contributed by atoms with Crippen LogP contribution in [0.25, 0.3) is 0 Å². The summed E-state index contributed by atoms with van der Waals surface area (Å²) >= 11 is 0. The van der Waals surface area contributed by atoms with Gasteiger partial charge in [0, 0.05) is 29.9 Å². The van der Waals surface area contributed by atoms with Crippen LogP contribution in [0.5, 0.6) is 5.75 Å². The van der Waals surface area contributed by atoms with Gasteiger partial charge in [0.15, 0.2) is 0 Å². The first-order chi connectivity index (χ1) is 17.7. The average molecular weight is 503 g/mol. The Hall–Kier alpha value is -5.39. The van der Waals surface area contributed by atoms with Gasteiger partial charge >= 0.3 is 17.8 Å². The Labute approximate surface area is 210 Å². The molecule has 0 aromatic heterocycles. The molecule has 0 heterocycles. The fraction of sp³-hybridized carbons (Fsp3) is 0.0800. The molecular formula is C25H21N5O7. The lowest BCUT2D eigenvalue weighted by molar-refractivity contribution is -0.385. The minimum absolute atomic E-state index is 0.0462. The molecule has 0 radical (unpaired) electrons. The molecule has 3 N–H and O–H groups in total. The zero-order valence-electron chi connectivity index (χ0n) is 19.7. The number of hydrogen-bond donors (Lipinski definition) is 3. The molecule has 3 aromatic rings. The van der Waals surface area contributed by atoms with E-state index in [-0.39, 0.29) is 22.9 Å². The summed E-state index contributed by atoms with van der Waals surface area (Å²) in [7, 11) is 0. The second kappa shape index (κ2) is 11.8. The molecule has 0 aliphatic heterocycles. The van der Waals surface area contributed by atoms with E-state index in [9.17, 15) is 29.3 Å². The largest absolute Gasteiger partial charge is 0.422 e. The Balaban J connectivity index is 1.68. The molecule has 3 aromatic carbocycles. The maximum atomic E-state index is 12.6. The number of carbonyl (C=O) groups is 4. The third kappa shape index (κ3) is 7.05. The molecular weight excluding hydrogens is 482 g/mol. The van der Waals surface area contributed by atoms with Gasteiger partial charge in [-0.05, 0) is 49.4 Å². The van der Waals surface area contributed by atoms with Crippen LogP contribution in [0, 0.1) is 10.1 Å². The number of amides is 3. The second-order valence-electron chi connectivity index (χ2n) is 7.51. The fourth-order valence-electron chi connectivity index (χ4n) is 3.09. The van der Waals surface area contributed by atoms with Crippen molar-refractivity contribution in [1.82, 2.24) is 5.43 Å². The highest BCUT2D eigenvalue weighted by Gasteiger charge is 2.22. The van der Waals surface area contributed by atoms with Gasteiger partial charge in [-0.15, -0.1) is 0 Å². The van der Waals surface area contributed by atoms with E-state index in [0.717, 1.165) is 0 Å². The van der Waals surface area contributed by atoms with Gasteiger partial charge in [0.25, 0.3) is 5.69 Å². The third-order valence-electron chi connectivity index (χ3n) is 4.79. The Morgan fingerprint density at radius 1 is 0.784 bits per heavy atom. The summed E-state index contributed by atoms with van der Waals surface area (Å²) < 4.78 is 5.37. The van der Waals surface area contributed by atoms with E-state index in [1.54, 1.807) is 30.3 Å². The summed E-state index contributed by atoms with van der Waals surface area (Å²) in [4.78, 5) is 58.6. The SMILES string of the molecule is CC(=O)Nc1ccc(NC(=O)C(=O)NN=C(C)c2ccccc2OC(=O)c2ccccc2[N+](=O)[O-])cc1. The maximum absolute atomic E-state index is 12.6. The third-order valence-corrected chi connectivity index (χ3v) is 4.79. The van der Waals surface area contributed by atoms with Crippen LogP contribution in [0.15, 0.2) is 77.9 Å². The van der Waals surface area contributed by atoms with Crippen LogP contribution in [0.1, 0.15) is 29.8 Å². The summed E-state index contributed by atoms with van der Waals surface area (Å²) in [5.74, 6) is -3.19. The normalized spacial score (nSPS) is 10.7. The first kappa shape index (κ1) is 26.2. The molecule has 37 heavy (non-hydrogen) atoms. The van der Waals surface area contributed by atoms with Crippen LogP contribution in [-0.4, -0.2) is 34.3 Å². The molecule has 0 bridgehead atoms. The van der Waals surface area contributed by atoms with Gasteiger partial charge in [0.2, 0.25) is 5.91 Å². The van der Waals surface area contributed by atoms with Gasteiger partial charge in [-0.1, -0.05) is 24.3 Å². The Kier molecular flexibility index (Phi) is 8.39. The van der Waals surface area contributed by atoms with E-state index in [1.807, 2.05) is 0 Å². The first-order valence-corrected chi connectivity index (χ1v) is 10.7. The number of esters is 1. The number of ether oxygens (including phenoxy) is 1. The number of nitrogens with zero attached hydrogens (tertiary/aromatic N) is 2. The maximum Gasteiger partial charge on any atom is 0.350 e. The molecule has 0 aliphatic carbocycles. The van der Waals surface area contributed by atoms with Crippen molar-refractivity contribution >= 4 is 46.5 Å². The molecule has 3 amide bonds. The van der Waals surface area contributed by atoms with Crippen LogP contribution in [0.2, 0.25) is 0 Å². The quantitative estimate of drug-likeness (QED) is 0.111.